The van der Waals surface area contributed by atoms with Gasteiger partial charge in [-0.05, 0) is 31.0 Å². The molecular formula is C15H18N2O. The van der Waals surface area contributed by atoms with E-state index < -0.39 is 0 Å². The van der Waals surface area contributed by atoms with Crippen LogP contribution >= 0.6 is 0 Å². The van der Waals surface area contributed by atoms with E-state index in [2.05, 4.69) is 34.6 Å². The molecule has 0 bridgehead atoms. The van der Waals surface area contributed by atoms with E-state index in [1.807, 2.05) is 12.3 Å². The minimum Gasteiger partial charge on any atom is -0.393 e. The lowest BCUT2D eigenvalue weighted by Crippen LogP contribution is -2.40. The van der Waals surface area contributed by atoms with Crippen molar-refractivity contribution in [3.05, 3.63) is 42.1 Å². The number of pyridine rings is 1. The Balaban J connectivity index is 1.90. The Morgan fingerprint density at radius 1 is 1.28 bits per heavy atom. The average Bonchev–Trinajstić information content (AvgIpc) is 2.42. The number of para-hydroxylation sites is 1. The summed E-state index contributed by atoms with van der Waals surface area (Å²) in [7, 11) is 0. The third-order valence-electron chi connectivity index (χ3n) is 3.77. The molecule has 0 radical (unpaired) electrons. The van der Waals surface area contributed by atoms with Crippen LogP contribution in [0.3, 0.4) is 0 Å². The Labute approximate surface area is 107 Å². The van der Waals surface area contributed by atoms with Crippen LogP contribution in [0.2, 0.25) is 0 Å². The third kappa shape index (κ3) is 2.24. The van der Waals surface area contributed by atoms with E-state index in [1.165, 1.54) is 10.9 Å². The van der Waals surface area contributed by atoms with E-state index in [1.54, 1.807) is 0 Å². The van der Waals surface area contributed by atoms with E-state index in [0.29, 0.717) is 5.92 Å². The van der Waals surface area contributed by atoms with Crippen molar-refractivity contribution in [2.75, 3.05) is 13.1 Å². The standard InChI is InChI=1S/C15H18N2O/c18-14-6-8-16-10-13(14)9-12-4-1-3-11-5-2-7-17-15(11)12/h1-5,7,13-14,16,18H,6,8-10H2. The summed E-state index contributed by atoms with van der Waals surface area (Å²) in [6.45, 7) is 1.82. The molecular weight excluding hydrogens is 224 g/mol. The van der Waals surface area contributed by atoms with Crippen molar-refractivity contribution in [2.45, 2.75) is 18.9 Å². The van der Waals surface area contributed by atoms with Crippen molar-refractivity contribution < 1.29 is 5.11 Å². The predicted molar refractivity (Wildman–Crippen MR) is 72.4 cm³/mol. The summed E-state index contributed by atoms with van der Waals surface area (Å²) in [4.78, 5) is 4.47. The van der Waals surface area contributed by atoms with Gasteiger partial charge in [0, 0.05) is 24.0 Å². The van der Waals surface area contributed by atoms with Gasteiger partial charge in [-0.3, -0.25) is 4.98 Å². The summed E-state index contributed by atoms with van der Waals surface area (Å²) < 4.78 is 0. The van der Waals surface area contributed by atoms with Gasteiger partial charge in [-0.2, -0.15) is 0 Å². The minimum atomic E-state index is -0.190. The molecule has 1 aromatic heterocycles. The molecule has 0 aliphatic carbocycles. The molecule has 3 rings (SSSR count). The van der Waals surface area contributed by atoms with Crippen LogP contribution in [-0.4, -0.2) is 29.3 Å². The lowest BCUT2D eigenvalue weighted by molar-refractivity contribution is 0.0793. The van der Waals surface area contributed by atoms with Crippen molar-refractivity contribution in [3.8, 4) is 0 Å². The Hall–Kier alpha value is -1.45. The molecule has 1 aromatic carbocycles. The quantitative estimate of drug-likeness (QED) is 0.843. The van der Waals surface area contributed by atoms with Gasteiger partial charge < -0.3 is 10.4 Å². The van der Waals surface area contributed by atoms with Gasteiger partial charge >= 0.3 is 0 Å². The highest BCUT2D eigenvalue weighted by Crippen LogP contribution is 2.22. The second-order valence-electron chi connectivity index (χ2n) is 5.02. The molecule has 1 saturated heterocycles. The maximum Gasteiger partial charge on any atom is 0.0734 e. The van der Waals surface area contributed by atoms with Gasteiger partial charge in [0.2, 0.25) is 0 Å². The van der Waals surface area contributed by atoms with Gasteiger partial charge in [0.25, 0.3) is 0 Å². The van der Waals surface area contributed by atoms with Crippen LogP contribution in [0, 0.1) is 5.92 Å². The predicted octanol–water partition coefficient (Wildman–Crippen LogP) is 1.75. The fourth-order valence-electron chi connectivity index (χ4n) is 2.73. The second kappa shape index (κ2) is 5.04. The zero-order chi connectivity index (χ0) is 12.4. The highest BCUT2D eigenvalue weighted by molar-refractivity contribution is 5.81. The minimum absolute atomic E-state index is 0.190. The van der Waals surface area contributed by atoms with Crippen LogP contribution in [-0.2, 0) is 6.42 Å². The maximum absolute atomic E-state index is 10.0. The summed E-state index contributed by atoms with van der Waals surface area (Å²) in [6, 6.07) is 10.3. The normalized spacial score (nSPS) is 24.3. The summed E-state index contributed by atoms with van der Waals surface area (Å²) >= 11 is 0. The molecule has 2 unspecified atom stereocenters. The van der Waals surface area contributed by atoms with Crippen molar-refractivity contribution >= 4 is 10.9 Å². The highest BCUT2D eigenvalue weighted by Gasteiger charge is 2.23. The van der Waals surface area contributed by atoms with Crippen LogP contribution in [0.25, 0.3) is 10.9 Å². The number of aromatic nitrogens is 1. The number of nitrogens with one attached hydrogen (secondary N) is 1. The van der Waals surface area contributed by atoms with Crippen LogP contribution in [0.4, 0.5) is 0 Å². The SMILES string of the molecule is OC1CCNCC1Cc1cccc2cccnc12. The van der Waals surface area contributed by atoms with Gasteiger partial charge in [-0.15, -0.1) is 0 Å². The van der Waals surface area contributed by atoms with Crippen LogP contribution in [0.15, 0.2) is 36.5 Å². The topological polar surface area (TPSA) is 45.1 Å². The molecule has 3 heteroatoms. The highest BCUT2D eigenvalue weighted by atomic mass is 16.3. The second-order valence-corrected chi connectivity index (χ2v) is 5.02. The molecule has 0 saturated carbocycles. The van der Waals surface area contributed by atoms with Crippen molar-refractivity contribution in [1.82, 2.24) is 10.3 Å². The van der Waals surface area contributed by atoms with E-state index in [-0.39, 0.29) is 6.10 Å². The molecule has 2 heterocycles. The molecule has 18 heavy (non-hydrogen) atoms. The summed E-state index contributed by atoms with van der Waals surface area (Å²) in [5, 5.41) is 14.6. The number of benzene rings is 1. The number of fused-ring (bicyclic) bond motifs is 1. The zero-order valence-electron chi connectivity index (χ0n) is 10.3. The van der Waals surface area contributed by atoms with Crippen molar-refractivity contribution in [2.24, 2.45) is 5.92 Å². The first-order valence-corrected chi connectivity index (χ1v) is 6.56. The van der Waals surface area contributed by atoms with Gasteiger partial charge in [-0.1, -0.05) is 24.3 Å². The molecule has 2 atom stereocenters. The first kappa shape index (κ1) is 11.6. The number of nitrogens with zero attached hydrogens (tertiary/aromatic N) is 1. The summed E-state index contributed by atoms with van der Waals surface area (Å²) in [5.41, 5.74) is 2.30. The van der Waals surface area contributed by atoms with E-state index in [0.717, 1.165) is 31.4 Å². The molecule has 1 aliphatic rings. The first-order chi connectivity index (χ1) is 8.84. The largest absolute Gasteiger partial charge is 0.393 e. The average molecular weight is 242 g/mol. The number of aliphatic hydroxyl groups is 1. The van der Waals surface area contributed by atoms with Gasteiger partial charge in [0.15, 0.2) is 0 Å². The number of hydrogen-bond acceptors (Lipinski definition) is 3. The fourth-order valence-corrected chi connectivity index (χ4v) is 2.73. The lowest BCUT2D eigenvalue weighted by atomic mass is 9.89. The Morgan fingerprint density at radius 2 is 2.17 bits per heavy atom. The number of rotatable bonds is 2. The third-order valence-corrected chi connectivity index (χ3v) is 3.77. The number of aliphatic hydroxyl groups excluding tert-OH is 1. The summed E-state index contributed by atoms with van der Waals surface area (Å²) in [5.74, 6) is 0.298. The van der Waals surface area contributed by atoms with E-state index in [4.69, 9.17) is 0 Å². The van der Waals surface area contributed by atoms with Crippen molar-refractivity contribution in [3.63, 3.8) is 0 Å². The fraction of sp³-hybridized carbons (Fsp3) is 0.400. The Bertz CT molecular complexity index is 536. The van der Waals surface area contributed by atoms with Gasteiger partial charge in [-0.25, -0.2) is 0 Å². The molecule has 1 aliphatic heterocycles. The van der Waals surface area contributed by atoms with E-state index >= 15 is 0 Å². The molecule has 2 aromatic rings. The smallest absolute Gasteiger partial charge is 0.0734 e. The maximum atomic E-state index is 10.0. The van der Waals surface area contributed by atoms with Gasteiger partial charge in [0.05, 0.1) is 11.6 Å². The first-order valence-electron chi connectivity index (χ1n) is 6.56. The molecule has 2 N–H and O–H groups in total. The number of piperidine rings is 1. The molecule has 0 spiro atoms. The summed E-state index contributed by atoms with van der Waals surface area (Å²) in [6.07, 6.45) is 3.39. The van der Waals surface area contributed by atoms with Crippen LogP contribution in [0.5, 0.6) is 0 Å². The van der Waals surface area contributed by atoms with Crippen LogP contribution in [0.1, 0.15) is 12.0 Å². The van der Waals surface area contributed by atoms with Gasteiger partial charge in [0.1, 0.15) is 0 Å². The molecule has 1 fully saturated rings. The lowest BCUT2D eigenvalue weighted by Gasteiger charge is -2.28. The molecule has 3 nitrogen and oxygen atoms in total. The Kier molecular flexibility index (Phi) is 3.26. The zero-order valence-corrected chi connectivity index (χ0v) is 10.3. The molecule has 0 amide bonds. The number of hydrogen-bond donors (Lipinski definition) is 2. The Morgan fingerprint density at radius 3 is 3.06 bits per heavy atom. The monoisotopic (exact) mass is 242 g/mol. The van der Waals surface area contributed by atoms with Crippen LogP contribution < -0.4 is 5.32 Å². The molecule has 94 valence electrons. The van der Waals surface area contributed by atoms with Crippen molar-refractivity contribution in [1.29, 1.82) is 0 Å². The van der Waals surface area contributed by atoms with E-state index in [9.17, 15) is 5.11 Å².